The smallest absolute Gasteiger partial charge is 0.268 e. The van der Waals surface area contributed by atoms with Gasteiger partial charge in [-0.2, -0.15) is 5.26 Å². The summed E-state index contributed by atoms with van der Waals surface area (Å²) in [4.78, 5) is 11.9. The maximum atomic E-state index is 11.9. The Balaban J connectivity index is 2.72. The molecule has 1 aromatic heterocycles. The number of hydrogen-bond acceptors (Lipinski definition) is 2. The molecule has 5 heteroatoms. The Labute approximate surface area is 103 Å². The lowest BCUT2D eigenvalue weighted by atomic mass is 10.1. The molecule has 0 bridgehead atoms. The van der Waals surface area contributed by atoms with Crippen molar-refractivity contribution in [3.8, 4) is 6.07 Å². The van der Waals surface area contributed by atoms with Crippen LogP contribution in [0.1, 0.15) is 30.3 Å². The first-order valence-electron chi connectivity index (χ1n) is 5.08. The van der Waals surface area contributed by atoms with Gasteiger partial charge in [-0.1, -0.05) is 6.92 Å². The second kappa shape index (κ2) is 5.71. The molecule has 0 fully saturated rings. The van der Waals surface area contributed by atoms with E-state index in [2.05, 4.69) is 27.3 Å². The molecule has 0 aliphatic heterocycles. The SMILES string of the molecule is CCC(CC#N)NC(=O)c1cc(Br)cn1C. The third-order valence-corrected chi connectivity index (χ3v) is 2.80. The Hall–Kier alpha value is -1.28. The molecule has 1 aromatic rings. The van der Waals surface area contributed by atoms with Gasteiger partial charge >= 0.3 is 0 Å². The summed E-state index contributed by atoms with van der Waals surface area (Å²) in [5.74, 6) is -0.143. The number of nitrogens with zero attached hydrogens (tertiary/aromatic N) is 2. The Morgan fingerprint density at radius 1 is 1.75 bits per heavy atom. The maximum absolute atomic E-state index is 11.9. The van der Waals surface area contributed by atoms with E-state index in [9.17, 15) is 4.79 Å². The van der Waals surface area contributed by atoms with Crippen LogP contribution in [0.5, 0.6) is 0 Å². The van der Waals surface area contributed by atoms with Crippen LogP contribution in [0, 0.1) is 11.3 Å². The van der Waals surface area contributed by atoms with Crippen molar-refractivity contribution < 1.29 is 4.79 Å². The quantitative estimate of drug-likeness (QED) is 0.921. The monoisotopic (exact) mass is 283 g/mol. The number of carbonyl (C=O) groups excluding carboxylic acids is 1. The average Bonchev–Trinajstić information content (AvgIpc) is 2.57. The fourth-order valence-corrected chi connectivity index (χ4v) is 1.94. The largest absolute Gasteiger partial charge is 0.347 e. The zero-order chi connectivity index (χ0) is 12.1. The van der Waals surface area contributed by atoms with E-state index in [-0.39, 0.29) is 11.9 Å². The minimum Gasteiger partial charge on any atom is -0.347 e. The highest BCUT2D eigenvalue weighted by atomic mass is 79.9. The van der Waals surface area contributed by atoms with Crippen LogP contribution in [0.15, 0.2) is 16.7 Å². The van der Waals surface area contributed by atoms with Crippen LogP contribution in [-0.2, 0) is 7.05 Å². The molecular formula is C11H14BrN3O. The molecule has 0 spiro atoms. The molecule has 0 aliphatic carbocycles. The lowest BCUT2D eigenvalue weighted by Gasteiger charge is -2.13. The summed E-state index contributed by atoms with van der Waals surface area (Å²) in [6.07, 6.45) is 2.92. The lowest BCUT2D eigenvalue weighted by Crippen LogP contribution is -2.35. The van der Waals surface area contributed by atoms with Gasteiger partial charge in [0.15, 0.2) is 0 Å². The fraction of sp³-hybridized carbons (Fsp3) is 0.455. The van der Waals surface area contributed by atoms with Gasteiger partial charge < -0.3 is 9.88 Å². The van der Waals surface area contributed by atoms with E-state index in [4.69, 9.17) is 5.26 Å². The Morgan fingerprint density at radius 3 is 2.88 bits per heavy atom. The van der Waals surface area contributed by atoms with E-state index in [1.807, 2.05) is 20.2 Å². The van der Waals surface area contributed by atoms with Crippen LogP contribution >= 0.6 is 15.9 Å². The lowest BCUT2D eigenvalue weighted by molar-refractivity contribution is 0.0928. The van der Waals surface area contributed by atoms with Gasteiger partial charge in [-0.25, -0.2) is 0 Å². The van der Waals surface area contributed by atoms with Crippen molar-refractivity contribution >= 4 is 21.8 Å². The summed E-state index contributed by atoms with van der Waals surface area (Å²) >= 11 is 3.31. The average molecular weight is 284 g/mol. The van der Waals surface area contributed by atoms with Gasteiger partial charge in [0.1, 0.15) is 5.69 Å². The predicted octanol–water partition coefficient (Wildman–Crippen LogP) is 2.21. The third-order valence-electron chi connectivity index (χ3n) is 2.37. The Morgan fingerprint density at radius 2 is 2.44 bits per heavy atom. The molecule has 1 unspecified atom stereocenters. The number of rotatable bonds is 4. The van der Waals surface area contributed by atoms with Crippen LogP contribution in [0.25, 0.3) is 0 Å². The van der Waals surface area contributed by atoms with Gasteiger partial charge in [-0.3, -0.25) is 4.79 Å². The van der Waals surface area contributed by atoms with Crippen molar-refractivity contribution in [2.45, 2.75) is 25.8 Å². The standard InChI is InChI=1S/C11H14BrN3O/c1-3-9(4-5-13)14-11(16)10-6-8(12)7-15(10)2/h6-7,9H,3-4H2,1-2H3,(H,14,16). The number of nitriles is 1. The molecule has 16 heavy (non-hydrogen) atoms. The molecule has 1 N–H and O–H groups in total. The molecule has 1 amide bonds. The van der Waals surface area contributed by atoms with Gasteiger partial charge in [0.2, 0.25) is 0 Å². The Kier molecular flexibility index (Phi) is 4.56. The summed E-state index contributed by atoms with van der Waals surface area (Å²) in [6.45, 7) is 1.95. The van der Waals surface area contributed by atoms with Crippen LogP contribution < -0.4 is 5.32 Å². The van der Waals surface area contributed by atoms with Crippen molar-refractivity contribution in [2.24, 2.45) is 7.05 Å². The van der Waals surface area contributed by atoms with Gasteiger partial charge in [-0.15, -0.1) is 0 Å². The first-order valence-corrected chi connectivity index (χ1v) is 5.87. The zero-order valence-electron chi connectivity index (χ0n) is 9.33. The number of aromatic nitrogens is 1. The molecule has 0 saturated carbocycles. The second-order valence-corrected chi connectivity index (χ2v) is 4.51. The molecule has 0 radical (unpaired) electrons. The van der Waals surface area contributed by atoms with E-state index >= 15 is 0 Å². The van der Waals surface area contributed by atoms with Crippen LogP contribution in [0.3, 0.4) is 0 Å². The first-order chi connectivity index (χ1) is 7.58. The summed E-state index contributed by atoms with van der Waals surface area (Å²) in [5.41, 5.74) is 0.586. The van der Waals surface area contributed by atoms with Crippen molar-refractivity contribution in [2.75, 3.05) is 0 Å². The number of aryl methyl sites for hydroxylation is 1. The fourth-order valence-electron chi connectivity index (χ4n) is 1.42. The summed E-state index contributed by atoms with van der Waals surface area (Å²) in [5, 5.41) is 11.4. The molecule has 4 nitrogen and oxygen atoms in total. The highest BCUT2D eigenvalue weighted by Gasteiger charge is 2.14. The Bertz CT molecular complexity index is 419. The molecular weight excluding hydrogens is 270 g/mol. The number of carbonyl (C=O) groups is 1. The molecule has 1 rings (SSSR count). The normalized spacial score (nSPS) is 11.9. The topological polar surface area (TPSA) is 57.8 Å². The summed E-state index contributed by atoms with van der Waals surface area (Å²) in [7, 11) is 1.81. The van der Waals surface area contributed by atoms with Gasteiger partial charge in [0, 0.05) is 23.8 Å². The number of halogens is 1. The van der Waals surface area contributed by atoms with E-state index in [1.54, 1.807) is 10.6 Å². The van der Waals surface area contributed by atoms with Crippen LogP contribution in [-0.4, -0.2) is 16.5 Å². The van der Waals surface area contributed by atoms with Gasteiger partial charge in [0.25, 0.3) is 5.91 Å². The molecule has 1 heterocycles. The molecule has 0 saturated heterocycles. The second-order valence-electron chi connectivity index (χ2n) is 3.60. The zero-order valence-corrected chi connectivity index (χ0v) is 10.9. The number of amides is 1. The third kappa shape index (κ3) is 3.11. The number of hydrogen-bond donors (Lipinski definition) is 1. The van der Waals surface area contributed by atoms with E-state index in [1.165, 1.54) is 0 Å². The minimum atomic E-state index is -0.143. The molecule has 0 aromatic carbocycles. The van der Waals surface area contributed by atoms with Crippen LogP contribution in [0.2, 0.25) is 0 Å². The number of nitrogens with one attached hydrogen (secondary N) is 1. The first kappa shape index (κ1) is 12.8. The highest BCUT2D eigenvalue weighted by molar-refractivity contribution is 9.10. The van der Waals surface area contributed by atoms with Gasteiger partial charge in [-0.05, 0) is 28.4 Å². The summed E-state index contributed by atoms with van der Waals surface area (Å²) < 4.78 is 2.62. The van der Waals surface area contributed by atoms with Gasteiger partial charge in [0.05, 0.1) is 12.5 Å². The highest BCUT2D eigenvalue weighted by Crippen LogP contribution is 2.13. The molecule has 1 atom stereocenters. The van der Waals surface area contributed by atoms with E-state index < -0.39 is 0 Å². The van der Waals surface area contributed by atoms with Crippen molar-refractivity contribution in [1.82, 2.24) is 9.88 Å². The predicted molar refractivity (Wildman–Crippen MR) is 64.9 cm³/mol. The molecule has 86 valence electrons. The van der Waals surface area contributed by atoms with Crippen LogP contribution in [0.4, 0.5) is 0 Å². The summed E-state index contributed by atoms with van der Waals surface area (Å²) in [6, 6.07) is 3.75. The van der Waals surface area contributed by atoms with E-state index in [0.29, 0.717) is 12.1 Å². The molecule has 0 aliphatic rings. The van der Waals surface area contributed by atoms with Crippen molar-refractivity contribution in [3.63, 3.8) is 0 Å². The maximum Gasteiger partial charge on any atom is 0.268 e. The van der Waals surface area contributed by atoms with E-state index in [0.717, 1.165) is 10.9 Å². The minimum absolute atomic E-state index is 0.0776. The van der Waals surface area contributed by atoms with Crippen molar-refractivity contribution in [3.05, 3.63) is 22.4 Å². The van der Waals surface area contributed by atoms with Crippen molar-refractivity contribution in [1.29, 1.82) is 5.26 Å².